The molecule has 0 atom stereocenters. The van der Waals surface area contributed by atoms with Gasteiger partial charge in [-0.05, 0) is 6.92 Å². The van der Waals surface area contributed by atoms with Gasteiger partial charge in [0, 0.05) is 5.56 Å². The van der Waals surface area contributed by atoms with Crippen LogP contribution in [0, 0.1) is 35.7 Å². The van der Waals surface area contributed by atoms with Crippen molar-refractivity contribution in [2.75, 3.05) is 0 Å². The van der Waals surface area contributed by atoms with Crippen molar-refractivity contribution < 1.29 is 13.2 Å². The molecule has 0 amide bonds. The van der Waals surface area contributed by atoms with Crippen molar-refractivity contribution in [3.8, 4) is 6.07 Å². The summed E-state index contributed by atoms with van der Waals surface area (Å²) in [4.78, 5) is 0. The summed E-state index contributed by atoms with van der Waals surface area (Å²) < 4.78 is 38.5. The molecule has 0 radical (unpaired) electrons. The van der Waals surface area contributed by atoms with Gasteiger partial charge < -0.3 is 0 Å². The molecule has 0 aromatic heterocycles. The molecular formula is C8H3ClF3N. The first kappa shape index (κ1) is 9.87. The van der Waals surface area contributed by atoms with Crippen LogP contribution in [0.3, 0.4) is 0 Å². The van der Waals surface area contributed by atoms with E-state index in [4.69, 9.17) is 16.9 Å². The molecule has 0 aliphatic carbocycles. The Labute approximate surface area is 77.4 Å². The zero-order valence-corrected chi connectivity index (χ0v) is 7.22. The van der Waals surface area contributed by atoms with Gasteiger partial charge in [0.2, 0.25) is 0 Å². The molecule has 1 aromatic carbocycles. The molecule has 68 valence electrons. The maximum absolute atomic E-state index is 12.9. The molecule has 0 spiro atoms. The highest BCUT2D eigenvalue weighted by Crippen LogP contribution is 2.27. The van der Waals surface area contributed by atoms with Crippen LogP contribution in [0.5, 0.6) is 0 Å². The molecule has 1 rings (SSSR count). The van der Waals surface area contributed by atoms with Gasteiger partial charge in [-0.3, -0.25) is 0 Å². The molecule has 1 nitrogen and oxygen atoms in total. The quantitative estimate of drug-likeness (QED) is 0.472. The Bertz CT molecular complexity index is 380. The van der Waals surface area contributed by atoms with E-state index in [1.807, 2.05) is 0 Å². The lowest BCUT2D eigenvalue weighted by molar-refractivity contribution is 0.490. The van der Waals surface area contributed by atoms with Gasteiger partial charge in [0.05, 0.1) is 5.56 Å². The highest BCUT2D eigenvalue weighted by molar-refractivity contribution is 6.31. The Hall–Kier alpha value is -1.21. The lowest BCUT2D eigenvalue weighted by Crippen LogP contribution is -1.99. The number of halogens is 4. The summed E-state index contributed by atoms with van der Waals surface area (Å²) in [6.45, 7) is 1.16. The topological polar surface area (TPSA) is 23.8 Å². The smallest absolute Gasteiger partial charge is 0.181 e. The van der Waals surface area contributed by atoms with Gasteiger partial charge >= 0.3 is 0 Å². The lowest BCUT2D eigenvalue weighted by atomic mass is 10.1. The average Bonchev–Trinajstić information content (AvgIpc) is 2.13. The zero-order valence-electron chi connectivity index (χ0n) is 6.46. The first-order valence-corrected chi connectivity index (χ1v) is 3.61. The van der Waals surface area contributed by atoms with Crippen LogP contribution in [0.4, 0.5) is 13.2 Å². The Morgan fingerprint density at radius 1 is 1.15 bits per heavy atom. The summed E-state index contributed by atoms with van der Waals surface area (Å²) >= 11 is 5.12. The van der Waals surface area contributed by atoms with E-state index in [9.17, 15) is 13.2 Å². The van der Waals surface area contributed by atoms with Crippen LogP contribution in [-0.2, 0) is 0 Å². The summed E-state index contributed by atoms with van der Waals surface area (Å²) in [5, 5.41) is 7.45. The number of hydrogen-bond acceptors (Lipinski definition) is 1. The molecule has 0 aliphatic heterocycles. The second-order valence-electron chi connectivity index (χ2n) is 2.37. The molecule has 0 bridgehead atoms. The SMILES string of the molecule is Cc1c(F)c(Cl)c(F)c(F)c1C#N. The van der Waals surface area contributed by atoms with Gasteiger partial charge in [0.15, 0.2) is 11.6 Å². The number of nitrogens with zero attached hydrogens (tertiary/aromatic N) is 1. The summed E-state index contributed by atoms with van der Waals surface area (Å²) in [5.41, 5.74) is -0.939. The minimum atomic E-state index is -1.53. The van der Waals surface area contributed by atoms with Gasteiger partial charge in [-0.25, -0.2) is 13.2 Å². The first-order valence-electron chi connectivity index (χ1n) is 3.23. The maximum atomic E-state index is 12.9. The highest BCUT2D eigenvalue weighted by atomic mass is 35.5. The van der Waals surface area contributed by atoms with Crippen molar-refractivity contribution in [1.29, 1.82) is 5.26 Å². The minimum absolute atomic E-state index is 0.286. The number of benzene rings is 1. The number of hydrogen-bond donors (Lipinski definition) is 0. The minimum Gasteiger partial charge on any atom is -0.205 e. The van der Waals surface area contributed by atoms with Gasteiger partial charge in [-0.1, -0.05) is 11.6 Å². The van der Waals surface area contributed by atoms with E-state index in [1.54, 1.807) is 0 Å². The Morgan fingerprint density at radius 3 is 2.15 bits per heavy atom. The third-order valence-corrected chi connectivity index (χ3v) is 1.95. The summed E-state index contributed by atoms with van der Waals surface area (Å²) in [7, 11) is 0. The van der Waals surface area contributed by atoms with Crippen molar-refractivity contribution in [2.45, 2.75) is 6.92 Å². The second kappa shape index (κ2) is 3.27. The predicted molar refractivity (Wildman–Crippen MR) is 40.8 cm³/mol. The fourth-order valence-electron chi connectivity index (χ4n) is 0.874. The van der Waals surface area contributed by atoms with E-state index in [0.717, 1.165) is 6.92 Å². The third-order valence-electron chi connectivity index (χ3n) is 1.61. The molecule has 0 N–H and O–H groups in total. The molecule has 5 heteroatoms. The molecule has 13 heavy (non-hydrogen) atoms. The normalized spacial score (nSPS) is 9.85. The zero-order chi connectivity index (χ0) is 10.2. The summed E-state index contributed by atoms with van der Waals surface area (Å²) in [6, 6.07) is 1.36. The van der Waals surface area contributed by atoms with Crippen molar-refractivity contribution in [3.05, 3.63) is 33.6 Å². The molecule has 1 aromatic rings. The van der Waals surface area contributed by atoms with Crippen molar-refractivity contribution in [1.82, 2.24) is 0 Å². The first-order chi connectivity index (χ1) is 6.00. The van der Waals surface area contributed by atoms with Crippen LogP contribution in [-0.4, -0.2) is 0 Å². The molecule has 0 saturated carbocycles. The second-order valence-corrected chi connectivity index (χ2v) is 2.75. The van der Waals surface area contributed by atoms with Crippen LogP contribution in [0.1, 0.15) is 11.1 Å². The van der Waals surface area contributed by atoms with Crippen molar-refractivity contribution in [2.24, 2.45) is 0 Å². The number of rotatable bonds is 0. The molecule has 0 heterocycles. The van der Waals surface area contributed by atoms with E-state index in [0.29, 0.717) is 0 Å². The van der Waals surface area contributed by atoms with E-state index in [1.165, 1.54) is 6.07 Å². The molecule has 0 unspecified atom stereocenters. The van der Waals surface area contributed by atoms with E-state index < -0.39 is 28.0 Å². The van der Waals surface area contributed by atoms with E-state index >= 15 is 0 Å². The van der Waals surface area contributed by atoms with E-state index in [2.05, 4.69) is 0 Å². The third kappa shape index (κ3) is 1.36. The maximum Gasteiger partial charge on any atom is 0.181 e. The van der Waals surface area contributed by atoms with Crippen molar-refractivity contribution in [3.63, 3.8) is 0 Å². The Balaban J connectivity index is 3.69. The van der Waals surface area contributed by atoms with Crippen LogP contribution in [0.2, 0.25) is 5.02 Å². The monoisotopic (exact) mass is 205 g/mol. The lowest BCUT2D eigenvalue weighted by Gasteiger charge is -2.04. The fraction of sp³-hybridized carbons (Fsp3) is 0.125. The fourth-order valence-corrected chi connectivity index (χ4v) is 1.10. The van der Waals surface area contributed by atoms with Gasteiger partial charge in [0.25, 0.3) is 0 Å². The van der Waals surface area contributed by atoms with Crippen molar-refractivity contribution >= 4 is 11.6 Å². The summed E-state index contributed by atoms with van der Waals surface area (Å²) in [6.07, 6.45) is 0. The van der Waals surface area contributed by atoms with E-state index in [-0.39, 0.29) is 5.56 Å². The van der Waals surface area contributed by atoms with Crippen LogP contribution in [0.15, 0.2) is 0 Å². The molecular weight excluding hydrogens is 203 g/mol. The Kier molecular flexibility index (Phi) is 2.48. The Morgan fingerprint density at radius 2 is 1.69 bits per heavy atom. The predicted octanol–water partition coefficient (Wildman–Crippen LogP) is 2.94. The molecule has 0 fully saturated rings. The highest BCUT2D eigenvalue weighted by Gasteiger charge is 2.20. The van der Waals surface area contributed by atoms with Gasteiger partial charge in [0.1, 0.15) is 16.9 Å². The van der Waals surface area contributed by atoms with Gasteiger partial charge in [-0.2, -0.15) is 5.26 Å². The van der Waals surface area contributed by atoms with Crippen LogP contribution >= 0.6 is 11.6 Å². The molecule has 0 aliphatic rings. The number of nitriles is 1. The standard InChI is InChI=1S/C8H3ClF3N/c1-3-4(2-13)7(11)8(12)5(9)6(3)10/h1H3. The van der Waals surface area contributed by atoms with Gasteiger partial charge in [-0.15, -0.1) is 0 Å². The molecule has 0 saturated heterocycles. The van der Waals surface area contributed by atoms with Crippen LogP contribution in [0.25, 0.3) is 0 Å². The van der Waals surface area contributed by atoms with Crippen LogP contribution < -0.4 is 0 Å². The average molecular weight is 206 g/mol. The largest absolute Gasteiger partial charge is 0.205 e. The summed E-state index contributed by atoms with van der Waals surface area (Å²) in [5.74, 6) is -4.04.